The first-order valence-electron chi connectivity index (χ1n) is 16.5. The highest BCUT2D eigenvalue weighted by Gasteiger charge is 2.52. The van der Waals surface area contributed by atoms with Gasteiger partial charge in [-0.3, -0.25) is 14.5 Å². The van der Waals surface area contributed by atoms with Crippen LogP contribution in [0.15, 0.2) is 35.5 Å². The van der Waals surface area contributed by atoms with Crippen molar-refractivity contribution >= 4 is 40.1 Å². The summed E-state index contributed by atoms with van der Waals surface area (Å²) in [4.78, 5) is 37.7. The number of benzene rings is 1. The standard InChI is InChI=1S/C35H42N4O9/c1-4-37(5-2)10-11-38-33(45)26-24-19-12-17(14-40)6-8-21(19)36-28(24)29-25(27(26)34(38)46)20-13-18(15-41)7-9-22(20)39(29)35-31(44)30(43)32(47-3)23(16-42)48-35/h6-9,13,22-23,30-32,35-36,40-44H,4-5,10-12,14-16H2,1-3H3/t22?,23-,30-,31-,32-,35-/m1/s1. The number of hydrogen-bond donors (Lipinski definition) is 6. The van der Waals surface area contributed by atoms with E-state index < -0.39 is 55.1 Å². The topological polar surface area (TPSA) is 179 Å². The highest BCUT2D eigenvalue weighted by Crippen LogP contribution is 2.44. The molecule has 13 heteroatoms. The highest BCUT2D eigenvalue weighted by molar-refractivity contribution is 6.29. The summed E-state index contributed by atoms with van der Waals surface area (Å²) in [5.74, 6) is -0.842. The third kappa shape index (κ3) is 4.76. The molecular weight excluding hydrogens is 620 g/mol. The van der Waals surface area contributed by atoms with Gasteiger partial charge < -0.3 is 49.8 Å². The first kappa shape index (κ1) is 32.9. The molecule has 5 aliphatic rings. The number of H-pyrrole nitrogens is 1. The molecule has 2 aliphatic carbocycles. The number of nitrogens with one attached hydrogen (secondary N) is 1. The lowest BCUT2D eigenvalue weighted by Gasteiger charge is -2.47. The molecular formula is C35H42N4O9. The normalized spacial score (nSPS) is 27.7. The van der Waals surface area contributed by atoms with E-state index in [0.29, 0.717) is 45.9 Å². The van der Waals surface area contributed by atoms with Crippen molar-refractivity contribution in [2.75, 3.05) is 58.0 Å². The van der Waals surface area contributed by atoms with Crippen molar-refractivity contribution in [3.05, 3.63) is 62.7 Å². The molecule has 1 unspecified atom stereocenters. The Hall–Kier alpha value is -3.66. The molecule has 1 fully saturated rings. The minimum Gasteiger partial charge on any atom is -0.394 e. The Morgan fingerprint density at radius 2 is 1.79 bits per heavy atom. The maximum atomic E-state index is 14.5. The number of aliphatic hydroxyl groups is 5. The average molecular weight is 663 g/mol. The summed E-state index contributed by atoms with van der Waals surface area (Å²) in [5, 5.41) is 54.9. The Balaban J connectivity index is 1.52. The van der Waals surface area contributed by atoms with Crippen molar-refractivity contribution in [2.45, 2.75) is 57.0 Å². The van der Waals surface area contributed by atoms with Gasteiger partial charge in [0.2, 0.25) is 0 Å². The van der Waals surface area contributed by atoms with Crippen LogP contribution in [0, 0.1) is 0 Å². The maximum Gasteiger partial charge on any atom is 0.262 e. The first-order valence-corrected chi connectivity index (χ1v) is 16.5. The Labute approximate surface area is 276 Å². The smallest absolute Gasteiger partial charge is 0.262 e. The lowest BCUT2D eigenvalue weighted by atomic mass is 9.91. The van der Waals surface area contributed by atoms with Crippen LogP contribution in [0.3, 0.4) is 0 Å². The Morgan fingerprint density at radius 3 is 2.46 bits per heavy atom. The van der Waals surface area contributed by atoms with Crippen molar-refractivity contribution in [2.24, 2.45) is 0 Å². The molecule has 6 N–H and O–H groups in total. The summed E-state index contributed by atoms with van der Waals surface area (Å²) < 4.78 is 11.7. The average Bonchev–Trinajstić information content (AvgIpc) is 3.72. The lowest BCUT2D eigenvalue weighted by Crippen LogP contribution is -2.65. The van der Waals surface area contributed by atoms with Gasteiger partial charge in [0.1, 0.15) is 24.4 Å². The summed E-state index contributed by atoms with van der Waals surface area (Å²) in [6.45, 7) is 5.36. The lowest BCUT2D eigenvalue weighted by molar-refractivity contribution is -0.235. The Bertz CT molecular complexity index is 1890. The molecule has 1 aromatic carbocycles. The number of allylic oxidation sites excluding steroid dienone is 1. The van der Waals surface area contributed by atoms with Gasteiger partial charge in [-0.25, -0.2) is 0 Å². The van der Waals surface area contributed by atoms with Crippen LogP contribution in [0.2, 0.25) is 0 Å². The first-order chi connectivity index (χ1) is 23.2. The number of aromatic amines is 1. The zero-order valence-electron chi connectivity index (χ0n) is 27.2. The van der Waals surface area contributed by atoms with Gasteiger partial charge in [-0.2, -0.15) is 0 Å². The van der Waals surface area contributed by atoms with E-state index in [1.807, 2.05) is 32.1 Å². The van der Waals surface area contributed by atoms with E-state index in [9.17, 15) is 35.1 Å². The van der Waals surface area contributed by atoms with E-state index in [2.05, 4.69) is 9.88 Å². The molecule has 2 amide bonds. The van der Waals surface area contributed by atoms with Gasteiger partial charge >= 0.3 is 0 Å². The van der Waals surface area contributed by atoms with Gasteiger partial charge in [-0.1, -0.05) is 38.2 Å². The number of aromatic nitrogens is 1. The molecule has 48 heavy (non-hydrogen) atoms. The number of imide groups is 1. The number of carbonyl (C=O) groups excluding carboxylic acids is 2. The highest BCUT2D eigenvalue weighted by atomic mass is 16.6. The monoisotopic (exact) mass is 662 g/mol. The van der Waals surface area contributed by atoms with Crippen LogP contribution in [-0.2, 0) is 15.9 Å². The van der Waals surface area contributed by atoms with E-state index in [4.69, 9.17) is 9.47 Å². The van der Waals surface area contributed by atoms with Gasteiger partial charge in [0, 0.05) is 36.2 Å². The van der Waals surface area contributed by atoms with E-state index in [0.717, 1.165) is 29.6 Å². The molecule has 4 heterocycles. The molecule has 13 nitrogen and oxygen atoms in total. The number of rotatable bonds is 10. The summed E-state index contributed by atoms with van der Waals surface area (Å²) in [6.07, 6.45) is 3.30. The number of aliphatic hydroxyl groups excluding tert-OH is 5. The van der Waals surface area contributed by atoms with Gasteiger partial charge in [0.15, 0.2) is 6.23 Å². The molecule has 0 radical (unpaired) electrons. The third-order valence-electron chi connectivity index (χ3n) is 10.5. The number of hydrogen-bond acceptors (Lipinski definition) is 11. The predicted octanol–water partition coefficient (Wildman–Crippen LogP) is -1.36. The van der Waals surface area contributed by atoms with Crippen LogP contribution < -0.4 is 15.5 Å². The second-order valence-corrected chi connectivity index (χ2v) is 12.8. The fraction of sp³-hybridized carbons (Fsp3) is 0.486. The van der Waals surface area contributed by atoms with E-state index in [1.54, 1.807) is 17.1 Å². The van der Waals surface area contributed by atoms with Crippen LogP contribution >= 0.6 is 0 Å². The molecule has 3 aliphatic heterocycles. The molecule has 1 saturated heterocycles. The van der Waals surface area contributed by atoms with Crippen molar-refractivity contribution in [1.82, 2.24) is 14.8 Å². The SMILES string of the molecule is CCN(CC)CCN1C(=O)c2c(c3c4c([nH]c3c3c2=C2C=C(CO)C=CC2N3[C@@H]2O[C@H](CO)[C@@H](OC)[C@H](O)[C@H]2O)=CC=C(CO)C4)C1=O. The molecule has 0 bridgehead atoms. The minimum atomic E-state index is -1.49. The van der Waals surface area contributed by atoms with Gasteiger partial charge in [-0.15, -0.1) is 0 Å². The van der Waals surface area contributed by atoms with E-state index in [1.165, 1.54) is 12.0 Å². The number of likely N-dealkylation sites (N-methyl/N-ethyl adjacent to an activating group) is 1. The molecule has 1 aromatic heterocycles. The van der Waals surface area contributed by atoms with Crippen molar-refractivity contribution in [3.63, 3.8) is 0 Å². The van der Waals surface area contributed by atoms with Crippen LogP contribution in [0.1, 0.15) is 40.1 Å². The zero-order valence-corrected chi connectivity index (χ0v) is 27.2. The van der Waals surface area contributed by atoms with Crippen molar-refractivity contribution < 1.29 is 44.6 Å². The molecule has 7 rings (SSSR count). The maximum absolute atomic E-state index is 14.5. The van der Waals surface area contributed by atoms with Gasteiger partial charge in [0.25, 0.3) is 11.8 Å². The second-order valence-electron chi connectivity index (χ2n) is 12.8. The van der Waals surface area contributed by atoms with Crippen LogP contribution in [0.5, 0.6) is 0 Å². The van der Waals surface area contributed by atoms with Crippen molar-refractivity contribution in [3.8, 4) is 0 Å². The van der Waals surface area contributed by atoms with Gasteiger partial charge in [-0.05, 0) is 47.9 Å². The number of methoxy groups -OCH3 is 1. The Morgan fingerprint density at radius 1 is 1.04 bits per heavy atom. The van der Waals surface area contributed by atoms with Crippen LogP contribution in [0.4, 0.5) is 5.69 Å². The quantitative estimate of drug-likeness (QED) is 0.166. The summed E-state index contributed by atoms with van der Waals surface area (Å²) >= 11 is 0. The van der Waals surface area contributed by atoms with E-state index >= 15 is 0 Å². The largest absolute Gasteiger partial charge is 0.394 e. The number of carbonyl (C=O) groups is 2. The molecule has 0 saturated carbocycles. The molecule has 2 aromatic rings. The van der Waals surface area contributed by atoms with Crippen LogP contribution in [0.25, 0.3) is 22.6 Å². The second kappa shape index (κ2) is 12.7. The van der Waals surface area contributed by atoms with Crippen molar-refractivity contribution in [1.29, 1.82) is 0 Å². The third-order valence-corrected chi connectivity index (χ3v) is 10.5. The number of anilines is 1. The number of nitrogens with zero attached hydrogens (tertiary/aromatic N) is 3. The predicted molar refractivity (Wildman–Crippen MR) is 177 cm³/mol. The Kier molecular flexibility index (Phi) is 8.67. The number of fused-ring (bicyclic) bond motifs is 9. The van der Waals surface area contributed by atoms with E-state index in [-0.39, 0.29) is 30.9 Å². The molecule has 6 atom stereocenters. The van der Waals surface area contributed by atoms with Gasteiger partial charge in [0.05, 0.1) is 48.2 Å². The number of ether oxygens (including phenoxy) is 2. The zero-order chi connectivity index (χ0) is 34.0. The summed E-state index contributed by atoms with van der Waals surface area (Å²) in [5.41, 5.74) is 4.27. The minimum absolute atomic E-state index is 0.173. The molecule has 0 spiro atoms. The fourth-order valence-corrected chi connectivity index (χ4v) is 7.97. The fourth-order valence-electron chi connectivity index (χ4n) is 7.97. The summed E-state index contributed by atoms with van der Waals surface area (Å²) in [6, 6.07) is -0.627. The summed E-state index contributed by atoms with van der Waals surface area (Å²) in [7, 11) is 1.37. The molecule has 256 valence electrons. The van der Waals surface area contributed by atoms with Crippen LogP contribution in [-0.4, -0.2) is 142 Å². The number of amides is 2.